The molecule has 3 amide bonds. The summed E-state index contributed by atoms with van der Waals surface area (Å²) in [6.07, 6.45) is 2.38. The summed E-state index contributed by atoms with van der Waals surface area (Å²) in [5.74, 6) is -1.85. The molecule has 1 saturated heterocycles. The third-order valence-electron chi connectivity index (χ3n) is 4.50. The number of amides is 3. The minimum absolute atomic E-state index is 0.0544. The molecule has 0 spiro atoms. The highest BCUT2D eigenvalue weighted by molar-refractivity contribution is 5.96. The lowest BCUT2D eigenvalue weighted by Gasteiger charge is -2.32. The van der Waals surface area contributed by atoms with Gasteiger partial charge in [-0.1, -0.05) is 12.1 Å². The van der Waals surface area contributed by atoms with Crippen LogP contribution in [0, 0.1) is 5.82 Å². The van der Waals surface area contributed by atoms with Crippen molar-refractivity contribution < 1.29 is 18.8 Å². The first-order valence-corrected chi connectivity index (χ1v) is 8.56. The van der Waals surface area contributed by atoms with Crippen molar-refractivity contribution in [3.05, 3.63) is 65.2 Å². The number of halogens is 1. The van der Waals surface area contributed by atoms with E-state index >= 15 is 0 Å². The van der Waals surface area contributed by atoms with Gasteiger partial charge in [0.1, 0.15) is 11.5 Å². The maximum atomic E-state index is 13.8. The van der Waals surface area contributed by atoms with Crippen LogP contribution in [0.4, 0.5) is 4.39 Å². The number of rotatable bonds is 4. The fourth-order valence-electron chi connectivity index (χ4n) is 2.97. The summed E-state index contributed by atoms with van der Waals surface area (Å²) in [5, 5.41) is 2.86. The van der Waals surface area contributed by atoms with E-state index in [0.717, 1.165) is 0 Å². The van der Waals surface area contributed by atoms with Crippen molar-refractivity contribution in [2.24, 2.45) is 5.73 Å². The van der Waals surface area contributed by atoms with Gasteiger partial charge < -0.3 is 16.0 Å². The zero-order valence-corrected chi connectivity index (χ0v) is 14.5. The molecule has 1 aliphatic rings. The fraction of sp³-hybridized carbons (Fsp3) is 0.263. The average molecular weight is 370 g/mol. The van der Waals surface area contributed by atoms with Gasteiger partial charge in [-0.2, -0.15) is 0 Å². The Balaban J connectivity index is 1.55. The van der Waals surface area contributed by atoms with E-state index in [4.69, 9.17) is 5.73 Å². The number of benzene rings is 1. The van der Waals surface area contributed by atoms with E-state index in [1.54, 1.807) is 11.0 Å². The Morgan fingerprint density at radius 2 is 1.81 bits per heavy atom. The fourth-order valence-corrected chi connectivity index (χ4v) is 2.97. The van der Waals surface area contributed by atoms with Crippen LogP contribution in [-0.4, -0.2) is 46.7 Å². The molecular formula is C19H19FN4O3. The highest BCUT2D eigenvalue weighted by Crippen LogP contribution is 2.16. The van der Waals surface area contributed by atoms with Gasteiger partial charge in [-0.3, -0.25) is 19.4 Å². The van der Waals surface area contributed by atoms with Crippen LogP contribution in [-0.2, 0) is 0 Å². The van der Waals surface area contributed by atoms with Gasteiger partial charge in [-0.25, -0.2) is 4.39 Å². The number of hydrogen-bond acceptors (Lipinski definition) is 4. The summed E-state index contributed by atoms with van der Waals surface area (Å²) in [4.78, 5) is 41.2. The van der Waals surface area contributed by atoms with Crippen molar-refractivity contribution in [1.82, 2.24) is 15.2 Å². The molecule has 27 heavy (non-hydrogen) atoms. The second-order valence-electron chi connectivity index (χ2n) is 6.32. The number of nitrogens with one attached hydrogen (secondary N) is 1. The Kier molecular flexibility index (Phi) is 5.44. The standard InChI is InChI=1S/C19H19FN4O3/c20-15-4-2-1-3-14(15)19(27)24-9-7-13(8-10-24)23-18(26)16-6-5-12(11-22-16)17(21)25/h1-6,11,13H,7-10H2,(H2,21,25)(H,23,26). The molecule has 3 rings (SSSR count). The summed E-state index contributed by atoms with van der Waals surface area (Å²) in [5.41, 5.74) is 5.61. The lowest BCUT2D eigenvalue weighted by atomic mass is 10.0. The molecule has 3 N–H and O–H groups in total. The highest BCUT2D eigenvalue weighted by Gasteiger charge is 2.26. The monoisotopic (exact) mass is 370 g/mol. The van der Waals surface area contributed by atoms with E-state index < -0.39 is 11.7 Å². The highest BCUT2D eigenvalue weighted by atomic mass is 19.1. The Bertz CT molecular complexity index is 862. The van der Waals surface area contributed by atoms with Gasteiger partial charge in [0.25, 0.3) is 11.8 Å². The second-order valence-corrected chi connectivity index (χ2v) is 6.32. The van der Waals surface area contributed by atoms with Crippen LogP contribution in [0.15, 0.2) is 42.6 Å². The molecule has 1 aliphatic heterocycles. The van der Waals surface area contributed by atoms with Crippen molar-refractivity contribution in [1.29, 1.82) is 0 Å². The van der Waals surface area contributed by atoms with Crippen molar-refractivity contribution in [3.63, 3.8) is 0 Å². The zero-order chi connectivity index (χ0) is 19.4. The quantitative estimate of drug-likeness (QED) is 0.847. The van der Waals surface area contributed by atoms with E-state index in [-0.39, 0.29) is 34.7 Å². The number of nitrogens with two attached hydrogens (primary N) is 1. The Morgan fingerprint density at radius 1 is 1.11 bits per heavy atom. The van der Waals surface area contributed by atoms with E-state index in [1.165, 1.54) is 36.5 Å². The summed E-state index contributed by atoms with van der Waals surface area (Å²) in [7, 11) is 0. The van der Waals surface area contributed by atoms with Crippen LogP contribution in [0.2, 0.25) is 0 Å². The summed E-state index contributed by atoms with van der Waals surface area (Å²) < 4.78 is 13.8. The zero-order valence-electron chi connectivity index (χ0n) is 14.5. The predicted molar refractivity (Wildman–Crippen MR) is 95.5 cm³/mol. The molecular weight excluding hydrogens is 351 g/mol. The molecule has 0 aliphatic carbocycles. The van der Waals surface area contributed by atoms with Gasteiger partial charge in [0, 0.05) is 25.3 Å². The van der Waals surface area contributed by atoms with Crippen LogP contribution in [0.5, 0.6) is 0 Å². The van der Waals surface area contributed by atoms with Crippen LogP contribution < -0.4 is 11.1 Å². The number of pyridine rings is 1. The normalized spacial score (nSPS) is 14.6. The molecule has 0 unspecified atom stereocenters. The molecule has 7 nitrogen and oxygen atoms in total. The minimum Gasteiger partial charge on any atom is -0.366 e. The van der Waals surface area contributed by atoms with E-state index in [2.05, 4.69) is 10.3 Å². The lowest BCUT2D eigenvalue weighted by molar-refractivity contribution is 0.0693. The molecule has 0 saturated carbocycles. The molecule has 2 heterocycles. The number of hydrogen-bond donors (Lipinski definition) is 2. The number of likely N-dealkylation sites (tertiary alicyclic amines) is 1. The number of carbonyl (C=O) groups excluding carboxylic acids is 3. The largest absolute Gasteiger partial charge is 0.366 e. The van der Waals surface area contributed by atoms with Crippen molar-refractivity contribution in [2.75, 3.05) is 13.1 Å². The molecule has 1 fully saturated rings. The molecule has 1 aromatic heterocycles. The summed E-state index contributed by atoms with van der Waals surface area (Å²) >= 11 is 0. The number of aromatic nitrogens is 1. The third kappa shape index (κ3) is 4.28. The summed E-state index contributed by atoms with van der Waals surface area (Å²) in [6, 6.07) is 8.66. The van der Waals surface area contributed by atoms with Crippen LogP contribution in [0.3, 0.4) is 0 Å². The maximum absolute atomic E-state index is 13.8. The SMILES string of the molecule is NC(=O)c1ccc(C(=O)NC2CCN(C(=O)c3ccccc3F)CC2)nc1. The Hall–Kier alpha value is -3.29. The van der Waals surface area contributed by atoms with Gasteiger partial charge in [0.2, 0.25) is 5.91 Å². The maximum Gasteiger partial charge on any atom is 0.270 e. The van der Waals surface area contributed by atoms with E-state index in [1.807, 2.05) is 0 Å². The number of carbonyl (C=O) groups is 3. The number of piperidine rings is 1. The van der Waals surface area contributed by atoms with Crippen LogP contribution in [0.1, 0.15) is 44.0 Å². The minimum atomic E-state index is -0.610. The second kappa shape index (κ2) is 7.94. The first kappa shape index (κ1) is 18.5. The number of nitrogens with zero attached hydrogens (tertiary/aromatic N) is 2. The van der Waals surface area contributed by atoms with Gasteiger partial charge in [-0.05, 0) is 37.1 Å². The third-order valence-corrected chi connectivity index (χ3v) is 4.50. The van der Waals surface area contributed by atoms with E-state index in [9.17, 15) is 18.8 Å². The molecule has 0 radical (unpaired) electrons. The van der Waals surface area contributed by atoms with Crippen molar-refractivity contribution in [3.8, 4) is 0 Å². The molecule has 1 aromatic carbocycles. The van der Waals surface area contributed by atoms with E-state index in [0.29, 0.717) is 25.9 Å². The van der Waals surface area contributed by atoms with Crippen LogP contribution >= 0.6 is 0 Å². The average Bonchev–Trinajstić information content (AvgIpc) is 2.68. The Morgan fingerprint density at radius 3 is 2.41 bits per heavy atom. The van der Waals surface area contributed by atoms with Gasteiger partial charge in [0.15, 0.2) is 0 Å². The predicted octanol–water partition coefficient (Wildman–Crippen LogP) is 1.35. The topological polar surface area (TPSA) is 105 Å². The van der Waals surface area contributed by atoms with Crippen LogP contribution in [0.25, 0.3) is 0 Å². The molecule has 140 valence electrons. The number of primary amides is 1. The molecule has 8 heteroatoms. The van der Waals surface area contributed by atoms with Crippen molar-refractivity contribution in [2.45, 2.75) is 18.9 Å². The smallest absolute Gasteiger partial charge is 0.270 e. The first-order valence-electron chi connectivity index (χ1n) is 8.56. The lowest BCUT2D eigenvalue weighted by Crippen LogP contribution is -2.46. The molecule has 2 aromatic rings. The van der Waals surface area contributed by atoms with Gasteiger partial charge >= 0.3 is 0 Å². The van der Waals surface area contributed by atoms with Crippen molar-refractivity contribution >= 4 is 17.7 Å². The molecule has 0 atom stereocenters. The molecule has 0 bridgehead atoms. The first-order chi connectivity index (χ1) is 13.0. The van der Waals surface area contributed by atoms with Gasteiger partial charge in [-0.15, -0.1) is 0 Å². The van der Waals surface area contributed by atoms with Gasteiger partial charge in [0.05, 0.1) is 11.1 Å². The Labute approximate surface area is 155 Å². The summed E-state index contributed by atoms with van der Waals surface area (Å²) in [6.45, 7) is 0.846.